The number of fused-ring (bicyclic) bond motifs is 1. The molecular weight excluding hydrogens is 252 g/mol. The molecule has 0 amide bonds. The van der Waals surface area contributed by atoms with Crippen LogP contribution in [0.15, 0.2) is 18.2 Å². The Bertz CT molecular complexity index is 336. The lowest BCUT2D eigenvalue weighted by molar-refractivity contribution is 0.0410. The third-order valence-corrected chi connectivity index (χ3v) is 2.55. The normalized spacial score (nSPS) is 18.0. The van der Waals surface area contributed by atoms with Crippen molar-refractivity contribution in [1.29, 1.82) is 0 Å². The average molecular weight is 268 g/mol. The number of ether oxygens (including phenoxy) is 1. The number of halogens is 3. The Labute approximate surface area is 107 Å². The van der Waals surface area contributed by atoms with E-state index in [1.807, 2.05) is 13.1 Å². The lowest BCUT2D eigenvalue weighted by atomic mass is 9.97. The highest BCUT2D eigenvalue weighted by Crippen LogP contribution is 2.28. The molecule has 92 valence electrons. The van der Waals surface area contributed by atoms with Crippen molar-refractivity contribution in [3.8, 4) is 0 Å². The second kappa shape index (κ2) is 7.07. The molecule has 0 fully saturated rings. The molecular formula is C11H16Cl2FNO. The second-order valence-electron chi connectivity index (χ2n) is 3.48. The third kappa shape index (κ3) is 3.08. The fourth-order valence-electron chi connectivity index (χ4n) is 1.90. The first kappa shape index (κ1) is 15.7. The van der Waals surface area contributed by atoms with Crippen molar-refractivity contribution in [2.24, 2.45) is 0 Å². The first-order valence-electron chi connectivity index (χ1n) is 4.86. The number of rotatable bonds is 2. The van der Waals surface area contributed by atoms with Crippen molar-refractivity contribution in [2.75, 3.05) is 20.2 Å². The highest BCUT2D eigenvalue weighted by molar-refractivity contribution is 5.85. The summed E-state index contributed by atoms with van der Waals surface area (Å²) in [7, 11) is 1.85. The maximum absolute atomic E-state index is 13.5. The summed E-state index contributed by atoms with van der Waals surface area (Å²) in [4.78, 5) is 0. The molecule has 16 heavy (non-hydrogen) atoms. The van der Waals surface area contributed by atoms with E-state index in [0.29, 0.717) is 13.2 Å². The summed E-state index contributed by atoms with van der Waals surface area (Å²) in [6.07, 6.45) is 0.678. The van der Waals surface area contributed by atoms with E-state index in [0.717, 1.165) is 17.5 Å². The van der Waals surface area contributed by atoms with E-state index in [4.69, 9.17) is 4.74 Å². The van der Waals surface area contributed by atoms with Crippen molar-refractivity contribution in [1.82, 2.24) is 5.32 Å². The summed E-state index contributed by atoms with van der Waals surface area (Å²) in [6, 6.07) is 5.23. The van der Waals surface area contributed by atoms with Gasteiger partial charge in [-0.1, -0.05) is 12.1 Å². The van der Waals surface area contributed by atoms with Crippen LogP contribution in [0.5, 0.6) is 0 Å². The van der Waals surface area contributed by atoms with E-state index >= 15 is 0 Å². The van der Waals surface area contributed by atoms with E-state index in [9.17, 15) is 4.39 Å². The lowest BCUT2D eigenvalue weighted by Gasteiger charge is -2.26. The van der Waals surface area contributed by atoms with Gasteiger partial charge in [0.25, 0.3) is 0 Å². The van der Waals surface area contributed by atoms with Gasteiger partial charge in [0.05, 0.1) is 12.7 Å². The van der Waals surface area contributed by atoms with Gasteiger partial charge in [-0.15, -0.1) is 24.8 Å². The Morgan fingerprint density at radius 2 is 2.19 bits per heavy atom. The molecule has 5 heteroatoms. The summed E-state index contributed by atoms with van der Waals surface area (Å²) in [5, 5.41) is 3.01. The Hall–Kier alpha value is -0.350. The van der Waals surface area contributed by atoms with E-state index in [-0.39, 0.29) is 36.7 Å². The average Bonchev–Trinajstić information content (AvgIpc) is 2.19. The van der Waals surface area contributed by atoms with E-state index in [1.54, 1.807) is 6.07 Å². The van der Waals surface area contributed by atoms with Crippen molar-refractivity contribution >= 4 is 24.8 Å². The number of hydrogen-bond donors (Lipinski definition) is 1. The van der Waals surface area contributed by atoms with Crippen molar-refractivity contribution in [3.63, 3.8) is 0 Å². The molecule has 2 nitrogen and oxygen atoms in total. The minimum absolute atomic E-state index is 0. The van der Waals surface area contributed by atoms with Crippen molar-refractivity contribution < 1.29 is 9.13 Å². The smallest absolute Gasteiger partial charge is 0.129 e. The quantitative estimate of drug-likeness (QED) is 0.889. The molecule has 1 aromatic rings. The van der Waals surface area contributed by atoms with Gasteiger partial charge in [0.15, 0.2) is 0 Å². The molecule has 1 aliphatic heterocycles. The van der Waals surface area contributed by atoms with Crippen LogP contribution < -0.4 is 5.32 Å². The molecule has 0 bridgehead atoms. The minimum Gasteiger partial charge on any atom is -0.372 e. The summed E-state index contributed by atoms with van der Waals surface area (Å²) in [5.74, 6) is -0.151. The molecule has 1 atom stereocenters. The van der Waals surface area contributed by atoms with Crippen LogP contribution in [0.2, 0.25) is 0 Å². The summed E-state index contributed by atoms with van der Waals surface area (Å²) in [6.45, 7) is 1.34. The molecule has 0 unspecified atom stereocenters. The van der Waals surface area contributed by atoms with Gasteiger partial charge in [-0.25, -0.2) is 4.39 Å². The van der Waals surface area contributed by atoms with Gasteiger partial charge >= 0.3 is 0 Å². The summed E-state index contributed by atoms with van der Waals surface area (Å²) < 4.78 is 19.1. The molecule has 0 radical (unpaired) electrons. The Morgan fingerprint density at radius 3 is 2.88 bits per heavy atom. The van der Waals surface area contributed by atoms with Gasteiger partial charge < -0.3 is 10.1 Å². The number of benzene rings is 1. The van der Waals surface area contributed by atoms with Crippen molar-refractivity contribution in [3.05, 3.63) is 35.1 Å². The lowest BCUT2D eigenvalue weighted by Crippen LogP contribution is -2.26. The standard InChI is InChI=1S/C11H14FNO.2ClH/c1-13-7-10-11-8(5-6-14-10)3-2-4-9(11)12;;/h2-4,10,13H,5-7H2,1H3;2*1H/t10-;;/m0../s1. The van der Waals surface area contributed by atoms with Crippen LogP contribution in [0, 0.1) is 5.82 Å². The number of hydrogen-bond acceptors (Lipinski definition) is 2. The van der Waals surface area contributed by atoms with Crippen LogP contribution in [0.25, 0.3) is 0 Å². The highest BCUT2D eigenvalue weighted by Gasteiger charge is 2.23. The minimum atomic E-state index is -0.151. The van der Waals surface area contributed by atoms with Crippen molar-refractivity contribution in [2.45, 2.75) is 12.5 Å². The van der Waals surface area contributed by atoms with E-state index < -0.39 is 0 Å². The molecule has 1 N–H and O–H groups in total. The fourth-order valence-corrected chi connectivity index (χ4v) is 1.90. The molecule has 1 heterocycles. The first-order chi connectivity index (χ1) is 6.83. The second-order valence-corrected chi connectivity index (χ2v) is 3.48. The van der Waals surface area contributed by atoms with Gasteiger partial charge in [-0.2, -0.15) is 0 Å². The van der Waals surface area contributed by atoms with Crippen LogP contribution in [0.3, 0.4) is 0 Å². The Balaban J connectivity index is 0.00000112. The van der Waals surface area contributed by atoms with Gasteiger partial charge in [0, 0.05) is 12.1 Å². The fraction of sp³-hybridized carbons (Fsp3) is 0.455. The zero-order chi connectivity index (χ0) is 9.97. The molecule has 2 rings (SSSR count). The predicted octanol–water partition coefficient (Wildman–Crippen LogP) is 2.50. The van der Waals surface area contributed by atoms with Crippen LogP contribution in [-0.4, -0.2) is 20.2 Å². The molecule has 1 aliphatic rings. The zero-order valence-corrected chi connectivity index (χ0v) is 10.7. The Morgan fingerprint density at radius 1 is 1.44 bits per heavy atom. The predicted molar refractivity (Wildman–Crippen MR) is 67.2 cm³/mol. The van der Waals surface area contributed by atoms with Gasteiger partial charge in [-0.05, 0) is 25.1 Å². The molecule has 0 saturated carbocycles. The third-order valence-electron chi connectivity index (χ3n) is 2.55. The van der Waals surface area contributed by atoms with Crippen LogP contribution in [-0.2, 0) is 11.2 Å². The summed E-state index contributed by atoms with van der Waals surface area (Å²) in [5.41, 5.74) is 1.81. The maximum Gasteiger partial charge on any atom is 0.129 e. The SMILES string of the molecule is CNC[C@@H]1OCCc2cccc(F)c21.Cl.Cl. The maximum atomic E-state index is 13.5. The molecule has 0 spiro atoms. The van der Waals surface area contributed by atoms with E-state index in [2.05, 4.69) is 5.32 Å². The number of nitrogens with one attached hydrogen (secondary N) is 1. The largest absolute Gasteiger partial charge is 0.372 e. The van der Waals surface area contributed by atoms with E-state index in [1.165, 1.54) is 6.07 Å². The zero-order valence-electron chi connectivity index (χ0n) is 9.03. The van der Waals surface area contributed by atoms with Crippen LogP contribution >= 0.6 is 24.8 Å². The van der Waals surface area contributed by atoms with Gasteiger partial charge in [0.2, 0.25) is 0 Å². The molecule has 1 aromatic carbocycles. The number of likely N-dealkylation sites (N-methyl/N-ethyl adjacent to an activating group) is 1. The van der Waals surface area contributed by atoms with Crippen LogP contribution in [0.1, 0.15) is 17.2 Å². The first-order valence-corrected chi connectivity index (χ1v) is 4.86. The monoisotopic (exact) mass is 267 g/mol. The molecule has 0 aromatic heterocycles. The topological polar surface area (TPSA) is 21.3 Å². The Kier molecular flexibility index (Phi) is 6.91. The van der Waals surface area contributed by atoms with Gasteiger partial charge in [0.1, 0.15) is 5.82 Å². The molecule has 0 aliphatic carbocycles. The van der Waals surface area contributed by atoms with Gasteiger partial charge in [-0.3, -0.25) is 0 Å². The van der Waals surface area contributed by atoms with Crippen LogP contribution in [0.4, 0.5) is 4.39 Å². The molecule has 0 saturated heterocycles. The summed E-state index contributed by atoms with van der Waals surface area (Å²) >= 11 is 0. The highest BCUT2D eigenvalue weighted by atomic mass is 35.5.